The molecule has 1 heterocycles. The summed E-state index contributed by atoms with van der Waals surface area (Å²) in [5, 5.41) is 2.83. The fraction of sp³-hybridized carbons (Fsp3) is 0.0769. The van der Waals surface area contributed by atoms with E-state index in [4.69, 9.17) is 5.84 Å². The summed E-state index contributed by atoms with van der Waals surface area (Å²) in [6, 6.07) is 9.36. The van der Waals surface area contributed by atoms with Crippen LogP contribution < -0.4 is 16.6 Å². The van der Waals surface area contributed by atoms with Crippen LogP contribution >= 0.6 is 31.9 Å². The molecule has 0 fully saturated rings. The first-order chi connectivity index (χ1) is 9.61. The quantitative estimate of drug-likeness (QED) is 0.545. The van der Waals surface area contributed by atoms with Gasteiger partial charge in [0.05, 0.1) is 5.56 Å². The number of hydrogen-bond acceptors (Lipinski definition) is 4. The van der Waals surface area contributed by atoms with Crippen molar-refractivity contribution >= 4 is 43.6 Å². The maximum atomic E-state index is 12.2. The smallest absolute Gasteiger partial charge is 0.255 e. The highest BCUT2D eigenvalue weighted by atomic mass is 79.9. The summed E-state index contributed by atoms with van der Waals surface area (Å²) in [4.78, 5) is 16.2. The number of aromatic nitrogens is 1. The number of carbonyl (C=O) groups is 1. The molecule has 0 aliphatic carbocycles. The summed E-state index contributed by atoms with van der Waals surface area (Å²) in [6.07, 6.45) is 1.57. The minimum absolute atomic E-state index is 0.248. The van der Waals surface area contributed by atoms with Gasteiger partial charge in [-0.1, -0.05) is 34.1 Å². The summed E-state index contributed by atoms with van der Waals surface area (Å²) in [5.74, 6) is 5.44. The van der Waals surface area contributed by atoms with Gasteiger partial charge < -0.3 is 10.7 Å². The Kier molecular flexibility index (Phi) is 5.11. The third-order valence-electron chi connectivity index (χ3n) is 2.63. The highest BCUT2D eigenvalue weighted by Crippen LogP contribution is 2.18. The second kappa shape index (κ2) is 6.83. The SMILES string of the molecule is NNc1ncc(Br)cc1C(=O)NCc1ccccc1Br. The van der Waals surface area contributed by atoms with Crippen molar-refractivity contribution in [1.29, 1.82) is 0 Å². The van der Waals surface area contributed by atoms with Crippen LogP contribution in [0, 0.1) is 0 Å². The summed E-state index contributed by atoms with van der Waals surface area (Å²) in [5.41, 5.74) is 3.79. The fourth-order valence-electron chi connectivity index (χ4n) is 1.64. The number of anilines is 1. The number of benzene rings is 1. The molecule has 104 valence electrons. The molecule has 0 saturated carbocycles. The summed E-state index contributed by atoms with van der Waals surface area (Å²) in [7, 11) is 0. The minimum Gasteiger partial charge on any atom is -0.348 e. The molecule has 1 aromatic heterocycles. The Morgan fingerprint density at radius 3 is 2.75 bits per heavy atom. The minimum atomic E-state index is -0.248. The fourth-order valence-corrected chi connectivity index (χ4v) is 2.40. The van der Waals surface area contributed by atoms with Gasteiger partial charge >= 0.3 is 0 Å². The van der Waals surface area contributed by atoms with Crippen LogP contribution in [0.2, 0.25) is 0 Å². The van der Waals surface area contributed by atoms with Gasteiger partial charge in [-0.25, -0.2) is 10.8 Å². The molecule has 0 aliphatic heterocycles. The second-order valence-electron chi connectivity index (χ2n) is 3.97. The van der Waals surface area contributed by atoms with E-state index in [1.807, 2.05) is 24.3 Å². The Labute approximate surface area is 133 Å². The van der Waals surface area contributed by atoms with Gasteiger partial charge in [0.15, 0.2) is 5.82 Å². The molecular weight excluding hydrogens is 388 g/mol. The van der Waals surface area contributed by atoms with Crippen LogP contribution in [-0.4, -0.2) is 10.9 Å². The van der Waals surface area contributed by atoms with Gasteiger partial charge in [0.2, 0.25) is 0 Å². The first-order valence-corrected chi connectivity index (χ1v) is 7.34. The topological polar surface area (TPSA) is 80.0 Å². The van der Waals surface area contributed by atoms with Gasteiger partial charge in [-0.05, 0) is 33.6 Å². The molecule has 0 radical (unpaired) electrons. The number of amides is 1. The van der Waals surface area contributed by atoms with E-state index < -0.39 is 0 Å². The van der Waals surface area contributed by atoms with Crippen LogP contribution in [0.1, 0.15) is 15.9 Å². The first-order valence-electron chi connectivity index (χ1n) is 5.75. The summed E-state index contributed by atoms with van der Waals surface area (Å²) in [6.45, 7) is 0.413. The molecular formula is C13H12Br2N4O. The van der Waals surface area contributed by atoms with E-state index in [0.29, 0.717) is 22.4 Å². The molecule has 2 aromatic rings. The monoisotopic (exact) mass is 398 g/mol. The number of hydrazine groups is 1. The van der Waals surface area contributed by atoms with Crippen molar-refractivity contribution in [2.45, 2.75) is 6.54 Å². The van der Waals surface area contributed by atoms with Gasteiger partial charge in [0, 0.05) is 21.7 Å². The van der Waals surface area contributed by atoms with Crippen molar-refractivity contribution in [3.05, 3.63) is 56.6 Å². The zero-order valence-electron chi connectivity index (χ0n) is 10.4. The van der Waals surface area contributed by atoms with Crippen molar-refractivity contribution < 1.29 is 4.79 Å². The zero-order valence-corrected chi connectivity index (χ0v) is 13.5. The largest absolute Gasteiger partial charge is 0.348 e. The molecule has 0 atom stereocenters. The second-order valence-corrected chi connectivity index (χ2v) is 5.74. The number of hydrogen-bond donors (Lipinski definition) is 3. The molecule has 20 heavy (non-hydrogen) atoms. The predicted octanol–water partition coefficient (Wildman–Crippen LogP) is 2.82. The van der Waals surface area contributed by atoms with Crippen molar-refractivity contribution in [2.24, 2.45) is 5.84 Å². The molecule has 5 nitrogen and oxygen atoms in total. The van der Waals surface area contributed by atoms with Gasteiger partial charge in [0.25, 0.3) is 5.91 Å². The van der Waals surface area contributed by atoms with Crippen LogP contribution in [0.4, 0.5) is 5.82 Å². The lowest BCUT2D eigenvalue weighted by Crippen LogP contribution is -2.25. The maximum absolute atomic E-state index is 12.2. The molecule has 2 rings (SSSR count). The number of nitrogens with two attached hydrogens (primary N) is 1. The third-order valence-corrected chi connectivity index (χ3v) is 3.84. The van der Waals surface area contributed by atoms with E-state index in [1.165, 1.54) is 0 Å². The van der Waals surface area contributed by atoms with Crippen molar-refractivity contribution in [3.63, 3.8) is 0 Å². The molecule has 1 amide bonds. The molecule has 0 spiro atoms. The van der Waals surface area contributed by atoms with E-state index >= 15 is 0 Å². The first kappa shape index (κ1) is 15.0. The van der Waals surface area contributed by atoms with Crippen LogP contribution in [0.25, 0.3) is 0 Å². The van der Waals surface area contributed by atoms with Gasteiger partial charge in [-0.2, -0.15) is 0 Å². The Balaban J connectivity index is 2.13. The van der Waals surface area contributed by atoms with Crippen molar-refractivity contribution in [1.82, 2.24) is 10.3 Å². The number of nitrogens with one attached hydrogen (secondary N) is 2. The maximum Gasteiger partial charge on any atom is 0.255 e. The Hall–Kier alpha value is -1.44. The number of rotatable bonds is 4. The van der Waals surface area contributed by atoms with Gasteiger partial charge in [0.1, 0.15) is 0 Å². The molecule has 7 heteroatoms. The molecule has 0 bridgehead atoms. The number of pyridine rings is 1. The van der Waals surface area contributed by atoms with E-state index in [2.05, 4.69) is 47.6 Å². The van der Waals surface area contributed by atoms with Crippen LogP contribution in [0.3, 0.4) is 0 Å². The standard InChI is InChI=1S/C13H12Br2N4O/c14-9-5-10(12(19-16)17-7-9)13(20)18-6-8-3-1-2-4-11(8)15/h1-5,7H,6,16H2,(H,17,19)(H,18,20). The van der Waals surface area contributed by atoms with E-state index in [1.54, 1.807) is 12.3 Å². The summed E-state index contributed by atoms with van der Waals surface area (Å²) < 4.78 is 1.66. The van der Waals surface area contributed by atoms with E-state index in [0.717, 1.165) is 10.0 Å². The highest BCUT2D eigenvalue weighted by Gasteiger charge is 2.13. The van der Waals surface area contributed by atoms with E-state index in [9.17, 15) is 4.79 Å². The Morgan fingerprint density at radius 1 is 1.30 bits per heavy atom. The van der Waals surface area contributed by atoms with Crippen LogP contribution in [0.15, 0.2) is 45.5 Å². The Bertz CT molecular complexity index is 634. The molecule has 0 aliphatic rings. The normalized spacial score (nSPS) is 10.2. The molecule has 1 aromatic carbocycles. The van der Waals surface area contributed by atoms with Gasteiger partial charge in [-0.15, -0.1) is 0 Å². The van der Waals surface area contributed by atoms with Gasteiger partial charge in [-0.3, -0.25) is 4.79 Å². The number of nitrogen functional groups attached to an aromatic ring is 1. The molecule has 0 unspecified atom stereocenters. The average molecular weight is 400 g/mol. The number of nitrogens with zero attached hydrogens (tertiary/aromatic N) is 1. The lowest BCUT2D eigenvalue weighted by molar-refractivity contribution is 0.0951. The predicted molar refractivity (Wildman–Crippen MR) is 85.1 cm³/mol. The molecule has 4 N–H and O–H groups in total. The van der Waals surface area contributed by atoms with E-state index in [-0.39, 0.29) is 5.91 Å². The highest BCUT2D eigenvalue weighted by molar-refractivity contribution is 9.10. The average Bonchev–Trinajstić information content (AvgIpc) is 2.46. The number of carbonyl (C=O) groups excluding carboxylic acids is 1. The number of halogens is 2. The third kappa shape index (κ3) is 3.56. The van der Waals surface area contributed by atoms with Crippen LogP contribution in [0.5, 0.6) is 0 Å². The zero-order chi connectivity index (χ0) is 14.5. The van der Waals surface area contributed by atoms with Crippen molar-refractivity contribution in [3.8, 4) is 0 Å². The van der Waals surface area contributed by atoms with Crippen LogP contribution in [-0.2, 0) is 6.54 Å². The van der Waals surface area contributed by atoms with Crippen molar-refractivity contribution in [2.75, 3.05) is 5.43 Å². The lowest BCUT2D eigenvalue weighted by Gasteiger charge is -2.10. The molecule has 0 saturated heterocycles. The Morgan fingerprint density at radius 2 is 2.05 bits per heavy atom. The summed E-state index contributed by atoms with van der Waals surface area (Å²) >= 11 is 6.72. The lowest BCUT2D eigenvalue weighted by atomic mass is 10.2.